The Labute approximate surface area is 101 Å². The molecule has 0 bridgehead atoms. The minimum absolute atomic E-state index is 0.197. The molecule has 0 atom stereocenters. The Kier molecular flexibility index (Phi) is 4.90. The zero-order valence-electron chi connectivity index (χ0n) is 10.5. The molecule has 0 aliphatic rings. The van der Waals surface area contributed by atoms with Crippen LogP contribution in [0.2, 0.25) is 0 Å². The van der Waals surface area contributed by atoms with Gasteiger partial charge in [-0.25, -0.2) is 4.39 Å². The smallest absolute Gasteiger partial charge is 0.127 e. The highest BCUT2D eigenvalue weighted by Gasteiger charge is 2.16. The van der Waals surface area contributed by atoms with Crippen LogP contribution in [0.5, 0.6) is 5.75 Å². The zero-order valence-corrected chi connectivity index (χ0v) is 10.5. The van der Waals surface area contributed by atoms with Crippen molar-refractivity contribution in [3.63, 3.8) is 0 Å². The fraction of sp³-hybridized carbons (Fsp3) is 0.538. The number of aliphatic hydroxyl groups excluding tert-OH is 1. The minimum Gasteiger partial charge on any atom is -0.493 e. The van der Waals surface area contributed by atoms with Crippen molar-refractivity contribution in [2.75, 3.05) is 13.7 Å². The van der Waals surface area contributed by atoms with Crippen LogP contribution in [0.4, 0.5) is 4.39 Å². The van der Waals surface area contributed by atoms with Crippen molar-refractivity contribution in [3.8, 4) is 5.75 Å². The summed E-state index contributed by atoms with van der Waals surface area (Å²) in [5, 5.41) is 8.94. The highest BCUT2D eigenvalue weighted by Crippen LogP contribution is 2.18. The Morgan fingerprint density at radius 1 is 1.29 bits per heavy atom. The van der Waals surface area contributed by atoms with Crippen molar-refractivity contribution >= 4 is 0 Å². The van der Waals surface area contributed by atoms with Crippen molar-refractivity contribution < 1.29 is 19.0 Å². The van der Waals surface area contributed by atoms with Gasteiger partial charge in [0.15, 0.2) is 0 Å². The second-order valence-electron chi connectivity index (χ2n) is 4.52. The van der Waals surface area contributed by atoms with E-state index in [1.165, 1.54) is 12.1 Å². The fourth-order valence-corrected chi connectivity index (χ4v) is 1.31. The predicted molar refractivity (Wildman–Crippen MR) is 63.5 cm³/mol. The number of halogens is 1. The lowest BCUT2D eigenvalue weighted by atomic mass is 10.1. The van der Waals surface area contributed by atoms with E-state index >= 15 is 0 Å². The molecule has 1 aromatic rings. The second kappa shape index (κ2) is 5.98. The summed E-state index contributed by atoms with van der Waals surface area (Å²) in [7, 11) is 1.64. The van der Waals surface area contributed by atoms with Crippen LogP contribution in [-0.2, 0) is 11.3 Å². The maximum atomic E-state index is 13.1. The minimum atomic E-state index is -0.405. The van der Waals surface area contributed by atoms with Gasteiger partial charge in [0, 0.05) is 19.6 Å². The molecule has 0 aliphatic heterocycles. The molecule has 0 radical (unpaired) electrons. The summed E-state index contributed by atoms with van der Waals surface area (Å²) < 4.78 is 23.8. The average Bonchev–Trinajstić information content (AvgIpc) is 2.28. The molecule has 0 spiro atoms. The number of hydrogen-bond donors (Lipinski definition) is 1. The lowest BCUT2D eigenvalue weighted by Crippen LogP contribution is -2.25. The Morgan fingerprint density at radius 3 is 2.59 bits per heavy atom. The van der Waals surface area contributed by atoms with E-state index < -0.39 is 5.82 Å². The first-order chi connectivity index (χ1) is 7.96. The van der Waals surface area contributed by atoms with E-state index in [1.54, 1.807) is 13.2 Å². The van der Waals surface area contributed by atoms with E-state index in [2.05, 4.69) is 0 Å². The molecule has 17 heavy (non-hydrogen) atoms. The van der Waals surface area contributed by atoms with Gasteiger partial charge in [0.05, 0.1) is 18.8 Å². The van der Waals surface area contributed by atoms with Crippen molar-refractivity contribution in [1.29, 1.82) is 0 Å². The summed E-state index contributed by atoms with van der Waals surface area (Å²) in [5.41, 5.74) is 0.249. The maximum absolute atomic E-state index is 13.1. The molecule has 4 heteroatoms. The third-order valence-corrected chi connectivity index (χ3v) is 2.64. The molecule has 0 aromatic heterocycles. The first-order valence-electron chi connectivity index (χ1n) is 5.55. The van der Waals surface area contributed by atoms with E-state index in [4.69, 9.17) is 14.6 Å². The molecule has 0 aliphatic carbocycles. The van der Waals surface area contributed by atoms with Crippen LogP contribution in [0.1, 0.15) is 25.8 Å². The van der Waals surface area contributed by atoms with Crippen LogP contribution >= 0.6 is 0 Å². The van der Waals surface area contributed by atoms with E-state index in [9.17, 15) is 4.39 Å². The number of benzene rings is 1. The summed E-state index contributed by atoms with van der Waals surface area (Å²) in [6, 6.07) is 4.22. The van der Waals surface area contributed by atoms with Crippen LogP contribution in [0.3, 0.4) is 0 Å². The topological polar surface area (TPSA) is 38.7 Å². The van der Waals surface area contributed by atoms with Gasteiger partial charge >= 0.3 is 0 Å². The molecular weight excluding hydrogens is 223 g/mol. The van der Waals surface area contributed by atoms with Crippen molar-refractivity contribution in [2.24, 2.45) is 0 Å². The van der Waals surface area contributed by atoms with Crippen LogP contribution in [-0.4, -0.2) is 24.4 Å². The van der Waals surface area contributed by atoms with Gasteiger partial charge in [-0.05, 0) is 31.5 Å². The van der Waals surface area contributed by atoms with E-state index in [0.29, 0.717) is 24.3 Å². The van der Waals surface area contributed by atoms with Gasteiger partial charge in [-0.3, -0.25) is 0 Å². The molecule has 0 heterocycles. The summed E-state index contributed by atoms with van der Waals surface area (Å²) in [6.45, 7) is 4.16. The highest BCUT2D eigenvalue weighted by molar-refractivity contribution is 5.29. The average molecular weight is 242 g/mol. The molecule has 0 saturated heterocycles. The third-order valence-electron chi connectivity index (χ3n) is 2.64. The first-order valence-corrected chi connectivity index (χ1v) is 5.55. The molecule has 0 unspecified atom stereocenters. The lowest BCUT2D eigenvalue weighted by molar-refractivity contribution is 0.00542. The first kappa shape index (κ1) is 13.9. The summed E-state index contributed by atoms with van der Waals surface area (Å²) in [6.07, 6.45) is 0.703. The van der Waals surface area contributed by atoms with E-state index in [-0.39, 0.29) is 12.2 Å². The van der Waals surface area contributed by atoms with E-state index in [0.717, 1.165) is 0 Å². The van der Waals surface area contributed by atoms with Gasteiger partial charge < -0.3 is 14.6 Å². The number of hydrogen-bond acceptors (Lipinski definition) is 3. The summed E-state index contributed by atoms with van der Waals surface area (Å²) >= 11 is 0. The highest BCUT2D eigenvalue weighted by atomic mass is 19.1. The molecule has 1 N–H and O–H groups in total. The largest absolute Gasteiger partial charge is 0.493 e. The molecule has 1 aromatic carbocycles. The van der Waals surface area contributed by atoms with Crippen LogP contribution in [0, 0.1) is 5.82 Å². The standard InChI is InChI=1S/C13H19FO3/c1-13(2,16-3)4-5-17-12-7-10(9-15)6-11(14)8-12/h6-8,15H,4-5,9H2,1-3H3. The van der Waals surface area contributed by atoms with Gasteiger partial charge in [-0.2, -0.15) is 0 Å². The second-order valence-corrected chi connectivity index (χ2v) is 4.52. The predicted octanol–water partition coefficient (Wildman–Crippen LogP) is 2.51. The maximum Gasteiger partial charge on any atom is 0.127 e. The quantitative estimate of drug-likeness (QED) is 0.833. The number of aliphatic hydroxyl groups is 1. The molecule has 3 nitrogen and oxygen atoms in total. The van der Waals surface area contributed by atoms with Gasteiger partial charge in [-0.15, -0.1) is 0 Å². The summed E-state index contributed by atoms with van der Waals surface area (Å²) in [5.74, 6) is 0.0264. The zero-order chi connectivity index (χ0) is 12.9. The molecule has 1 rings (SSSR count). The van der Waals surface area contributed by atoms with Gasteiger partial charge in [-0.1, -0.05) is 0 Å². The van der Waals surface area contributed by atoms with Crippen LogP contribution in [0.25, 0.3) is 0 Å². The van der Waals surface area contributed by atoms with Crippen molar-refractivity contribution in [2.45, 2.75) is 32.5 Å². The normalized spacial score (nSPS) is 11.6. The summed E-state index contributed by atoms with van der Waals surface area (Å²) in [4.78, 5) is 0. The van der Waals surface area contributed by atoms with Crippen LogP contribution in [0.15, 0.2) is 18.2 Å². The SMILES string of the molecule is COC(C)(C)CCOc1cc(F)cc(CO)c1. The van der Waals surface area contributed by atoms with Crippen LogP contribution < -0.4 is 4.74 Å². The van der Waals surface area contributed by atoms with Gasteiger partial charge in [0.25, 0.3) is 0 Å². The third kappa shape index (κ3) is 4.71. The molecule has 0 fully saturated rings. The number of rotatable bonds is 6. The van der Waals surface area contributed by atoms with E-state index in [1.807, 2.05) is 13.8 Å². The molecule has 96 valence electrons. The number of methoxy groups -OCH3 is 1. The van der Waals surface area contributed by atoms with Gasteiger partial charge in [0.2, 0.25) is 0 Å². The Hall–Kier alpha value is -1.13. The fourth-order valence-electron chi connectivity index (χ4n) is 1.31. The Morgan fingerprint density at radius 2 is 2.00 bits per heavy atom. The number of ether oxygens (including phenoxy) is 2. The lowest BCUT2D eigenvalue weighted by Gasteiger charge is -2.22. The van der Waals surface area contributed by atoms with Gasteiger partial charge in [0.1, 0.15) is 11.6 Å². The molecule has 0 saturated carbocycles. The Balaban J connectivity index is 2.55. The molecule has 0 amide bonds. The van der Waals surface area contributed by atoms with Crippen molar-refractivity contribution in [3.05, 3.63) is 29.6 Å². The monoisotopic (exact) mass is 242 g/mol. The Bertz CT molecular complexity index is 364. The molecular formula is C13H19FO3. The van der Waals surface area contributed by atoms with Crippen molar-refractivity contribution in [1.82, 2.24) is 0 Å².